The van der Waals surface area contributed by atoms with Crippen molar-refractivity contribution < 1.29 is 13.2 Å². The molecule has 3 rings (SSSR count). The molecule has 0 unspecified atom stereocenters. The van der Waals surface area contributed by atoms with Gasteiger partial charge in [0.1, 0.15) is 0 Å². The molecule has 0 atom stereocenters. The molecule has 1 heterocycles. The van der Waals surface area contributed by atoms with Gasteiger partial charge in [-0.15, -0.1) is 0 Å². The summed E-state index contributed by atoms with van der Waals surface area (Å²) >= 11 is 7.26. The highest BCUT2D eigenvalue weighted by molar-refractivity contribution is 7.91. The maximum absolute atomic E-state index is 12.2. The van der Waals surface area contributed by atoms with Gasteiger partial charge >= 0.3 is 0 Å². The van der Waals surface area contributed by atoms with Crippen LogP contribution in [0.1, 0.15) is 12.8 Å². The van der Waals surface area contributed by atoms with E-state index in [2.05, 4.69) is 10.3 Å². The SMILES string of the molecule is O=C(CCCS(=O)(=O)c1ccccc1)Nc1nc2ccc(Cl)cc2s1. The van der Waals surface area contributed by atoms with Crippen molar-refractivity contribution >= 4 is 54.0 Å². The number of anilines is 1. The van der Waals surface area contributed by atoms with Gasteiger partial charge in [-0.2, -0.15) is 0 Å². The van der Waals surface area contributed by atoms with Crippen molar-refractivity contribution in [2.75, 3.05) is 11.1 Å². The Balaban J connectivity index is 1.55. The Bertz CT molecular complexity index is 1000. The Hall–Kier alpha value is -1.96. The zero-order chi connectivity index (χ0) is 17.9. The van der Waals surface area contributed by atoms with Crippen molar-refractivity contribution in [2.45, 2.75) is 17.7 Å². The van der Waals surface area contributed by atoms with E-state index in [9.17, 15) is 13.2 Å². The van der Waals surface area contributed by atoms with E-state index >= 15 is 0 Å². The van der Waals surface area contributed by atoms with Crippen LogP contribution in [0.15, 0.2) is 53.4 Å². The topological polar surface area (TPSA) is 76.1 Å². The number of fused-ring (bicyclic) bond motifs is 1. The molecule has 0 bridgehead atoms. The van der Waals surface area contributed by atoms with Gasteiger partial charge in [0.05, 0.1) is 20.9 Å². The van der Waals surface area contributed by atoms with E-state index in [1.54, 1.807) is 48.5 Å². The zero-order valence-corrected chi connectivity index (χ0v) is 15.5. The molecule has 5 nitrogen and oxygen atoms in total. The second kappa shape index (κ2) is 7.51. The molecule has 0 fully saturated rings. The van der Waals surface area contributed by atoms with Crippen LogP contribution in [0.4, 0.5) is 5.13 Å². The highest BCUT2D eigenvalue weighted by atomic mass is 35.5. The third kappa shape index (κ3) is 4.56. The molecule has 3 aromatic rings. The third-order valence-electron chi connectivity index (χ3n) is 3.52. The van der Waals surface area contributed by atoms with Crippen molar-refractivity contribution in [1.29, 1.82) is 0 Å². The van der Waals surface area contributed by atoms with Gasteiger partial charge in [-0.3, -0.25) is 4.79 Å². The van der Waals surface area contributed by atoms with Crippen molar-refractivity contribution in [2.24, 2.45) is 0 Å². The minimum absolute atomic E-state index is 0.0696. The van der Waals surface area contributed by atoms with Gasteiger partial charge in [0, 0.05) is 11.4 Å². The number of nitrogens with one attached hydrogen (secondary N) is 1. The van der Waals surface area contributed by atoms with Crippen molar-refractivity contribution in [3.63, 3.8) is 0 Å². The summed E-state index contributed by atoms with van der Waals surface area (Å²) in [7, 11) is -3.36. The molecule has 25 heavy (non-hydrogen) atoms. The Morgan fingerprint density at radius 3 is 2.68 bits per heavy atom. The second-order valence-corrected chi connectivity index (χ2v) is 8.99. The van der Waals surface area contributed by atoms with Crippen LogP contribution >= 0.6 is 22.9 Å². The van der Waals surface area contributed by atoms with Gasteiger partial charge in [0.25, 0.3) is 0 Å². The number of rotatable bonds is 6. The molecule has 2 aromatic carbocycles. The molecule has 130 valence electrons. The lowest BCUT2D eigenvalue weighted by atomic mass is 10.3. The number of benzene rings is 2. The Morgan fingerprint density at radius 1 is 1.16 bits per heavy atom. The molecule has 0 aliphatic rings. The predicted molar refractivity (Wildman–Crippen MR) is 101 cm³/mol. The summed E-state index contributed by atoms with van der Waals surface area (Å²) < 4.78 is 25.2. The summed E-state index contributed by atoms with van der Waals surface area (Å²) in [4.78, 5) is 16.6. The predicted octanol–water partition coefficient (Wildman–Crippen LogP) is 4.14. The summed E-state index contributed by atoms with van der Waals surface area (Å²) in [6.45, 7) is 0. The summed E-state index contributed by atoms with van der Waals surface area (Å²) in [5.41, 5.74) is 0.761. The standard InChI is InChI=1S/C17H15ClN2O3S2/c18-12-8-9-14-15(11-12)24-17(19-14)20-16(21)7-4-10-25(22,23)13-5-2-1-3-6-13/h1-3,5-6,8-9,11H,4,7,10H2,(H,19,20,21). The molecule has 0 saturated carbocycles. The zero-order valence-electron chi connectivity index (χ0n) is 13.1. The van der Waals surface area contributed by atoms with Crippen LogP contribution in [0, 0.1) is 0 Å². The first-order chi connectivity index (χ1) is 11.9. The lowest BCUT2D eigenvalue weighted by molar-refractivity contribution is -0.116. The van der Waals surface area contributed by atoms with E-state index in [1.807, 2.05) is 0 Å². The summed E-state index contributed by atoms with van der Waals surface area (Å²) in [5.74, 6) is -0.326. The summed E-state index contributed by atoms with van der Waals surface area (Å²) in [6.07, 6.45) is 0.364. The number of halogens is 1. The molecule has 0 saturated heterocycles. The van der Waals surface area contributed by atoms with E-state index < -0.39 is 9.84 Å². The fraction of sp³-hybridized carbons (Fsp3) is 0.176. The number of carbonyl (C=O) groups excluding carboxylic acids is 1. The number of hydrogen-bond acceptors (Lipinski definition) is 5. The van der Waals surface area contributed by atoms with Crippen LogP contribution < -0.4 is 5.32 Å². The lowest BCUT2D eigenvalue weighted by Crippen LogP contribution is -2.14. The van der Waals surface area contributed by atoms with Gasteiger partial charge in [0.15, 0.2) is 15.0 Å². The average molecular weight is 395 g/mol. The molecule has 8 heteroatoms. The fourth-order valence-electron chi connectivity index (χ4n) is 2.30. The van der Waals surface area contributed by atoms with Crippen LogP contribution in [-0.4, -0.2) is 25.1 Å². The largest absolute Gasteiger partial charge is 0.302 e. The van der Waals surface area contributed by atoms with Crippen LogP contribution in [-0.2, 0) is 14.6 Å². The van der Waals surface area contributed by atoms with Gasteiger partial charge < -0.3 is 5.32 Å². The summed E-state index contributed by atoms with van der Waals surface area (Å²) in [6, 6.07) is 13.6. The highest BCUT2D eigenvalue weighted by Crippen LogP contribution is 2.28. The van der Waals surface area contributed by atoms with Crippen LogP contribution in [0.5, 0.6) is 0 Å². The lowest BCUT2D eigenvalue weighted by Gasteiger charge is -2.04. The second-order valence-electron chi connectivity index (χ2n) is 5.41. The molecular formula is C17H15ClN2O3S2. The molecule has 0 aliphatic carbocycles. The maximum atomic E-state index is 12.2. The van der Waals surface area contributed by atoms with Gasteiger partial charge in [-0.05, 0) is 36.8 Å². The minimum atomic E-state index is -3.36. The monoisotopic (exact) mass is 394 g/mol. The van der Waals surface area contributed by atoms with E-state index in [4.69, 9.17) is 11.6 Å². The first kappa shape index (κ1) is 17.8. The van der Waals surface area contributed by atoms with Gasteiger partial charge in [-0.1, -0.05) is 41.1 Å². The van der Waals surface area contributed by atoms with E-state index in [1.165, 1.54) is 11.3 Å². The van der Waals surface area contributed by atoms with E-state index in [0.29, 0.717) is 10.2 Å². The number of aromatic nitrogens is 1. The van der Waals surface area contributed by atoms with E-state index in [-0.39, 0.29) is 29.4 Å². The van der Waals surface area contributed by atoms with Crippen LogP contribution in [0.25, 0.3) is 10.2 Å². The number of hydrogen-bond donors (Lipinski definition) is 1. The quantitative estimate of drug-likeness (QED) is 0.681. The number of amides is 1. The highest BCUT2D eigenvalue weighted by Gasteiger charge is 2.15. The molecule has 1 amide bonds. The molecule has 0 aliphatic heterocycles. The number of carbonyl (C=O) groups is 1. The first-order valence-electron chi connectivity index (χ1n) is 7.58. The van der Waals surface area contributed by atoms with Gasteiger partial charge in [-0.25, -0.2) is 13.4 Å². The van der Waals surface area contributed by atoms with Gasteiger partial charge in [0.2, 0.25) is 5.91 Å². The average Bonchev–Trinajstić information content (AvgIpc) is 2.96. The van der Waals surface area contributed by atoms with E-state index in [0.717, 1.165) is 10.2 Å². The van der Waals surface area contributed by atoms with Crippen LogP contribution in [0.2, 0.25) is 5.02 Å². The number of sulfone groups is 1. The summed E-state index contributed by atoms with van der Waals surface area (Å²) in [5, 5.41) is 3.80. The molecule has 1 aromatic heterocycles. The normalized spacial score (nSPS) is 11.6. The van der Waals surface area contributed by atoms with Crippen LogP contribution in [0.3, 0.4) is 0 Å². The minimum Gasteiger partial charge on any atom is -0.302 e. The maximum Gasteiger partial charge on any atom is 0.226 e. The number of thiazole rings is 1. The smallest absolute Gasteiger partial charge is 0.226 e. The molecule has 0 radical (unpaired) electrons. The fourth-order valence-corrected chi connectivity index (χ4v) is 4.79. The third-order valence-corrected chi connectivity index (χ3v) is 6.50. The Labute approximate surface area is 154 Å². The number of nitrogens with zero attached hydrogens (tertiary/aromatic N) is 1. The van der Waals surface area contributed by atoms with Crippen molar-refractivity contribution in [3.05, 3.63) is 53.6 Å². The molecular weight excluding hydrogens is 380 g/mol. The van der Waals surface area contributed by atoms with Crippen molar-refractivity contribution in [1.82, 2.24) is 4.98 Å². The van der Waals surface area contributed by atoms with Crippen molar-refractivity contribution in [3.8, 4) is 0 Å². The Kier molecular flexibility index (Phi) is 5.36. The molecule has 1 N–H and O–H groups in total. The molecule has 0 spiro atoms. The Morgan fingerprint density at radius 2 is 1.92 bits per heavy atom. The first-order valence-corrected chi connectivity index (χ1v) is 10.4.